The molecule has 1 aliphatic heterocycles. The first-order valence-electron chi connectivity index (χ1n) is 10.9. The van der Waals surface area contributed by atoms with E-state index in [0.29, 0.717) is 23.3 Å². The maximum atomic E-state index is 13.4. The fourth-order valence-corrected chi connectivity index (χ4v) is 4.08. The van der Waals surface area contributed by atoms with Gasteiger partial charge in [-0.3, -0.25) is 14.7 Å². The third-order valence-corrected chi connectivity index (χ3v) is 5.87. The number of hydrogen-bond donors (Lipinski definition) is 1. The van der Waals surface area contributed by atoms with E-state index in [0.717, 1.165) is 51.1 Å². The number of pyridine rings is 1. The molecule has 3 aromatic rings. The minimum absolute atomic E-state index is 0.121. The van der Waals surface area contributed by atoms with Crippen molar-refractivity contribution in [3.63, 3.8) is 0 Å². The molecule has 162 valence electrons. The predicted molar refractivity (Wildman–Crippen MR) is 122 cm³/mol. The molecular formula is C25H29FN4O. The second-order valence-corrected chi connectivity index (χ2v) is 8.17. The summed E-state index contributed by atoms with van der Waals surface area (Å²) in [5.74, 6) is -0.443. The molecule has 0 atom stereocenters. The van der Waals surface area contributed by atoms with Gasteiger partial charge in [-0.05, 0) is 43.7 Å². The molecule has 1 N–H and O–H groups in total. The smallest absolute Gasteiger partial charge is 0.253 e. The molecule has 0 bridgehead atoms. The molecule has 2 heterocycles. The molecule has 1 amide bonds. The average molecular weight is 421 g/mol. The first-order chi connectivity index (χ1) is 15.1. The van der Waals surface area contributed by atoms with E-state index in [1.54, 1.807) is 19.1 Å². The quantitative estimate of drug-likeness (QED) is 0.593. The lowest BCUT2D eigenvalue weighted by Crippen LogP contribution is -2.46. The lowest BCUT2D eigenvalue weighted by molar-refractivity contribution is 0.0946. The Balaban J connectivity index is 1.20. The van der Waals surface area contributed by atoms with Crippen LogP contribution in [0.25, 0.3) is 10.9 Å². The van der Waals surface area contributed by atoms with E-state index < -0.39 is 0 Å². The van der Waals surface area contributed by atoms with E-state index >= 15 is 0 Å². The zero-order valence-corrected chi connectivity index (χ0v) is 18.0. The Morgan fingerprint density at radius 2 is 1.77 bits per heavy atom. The first-order valence-corrected chi connectivity index (χ1v) is 10.9. The van der Waals surface area contributed by atoms with Crippen LogP contribution in [0.5, 0.6) is 0 Å². The average Bonchev–Trinajstić information content (AvgIpc) is 2.78. The van der Waals surface area contributed by atoms with Gasteiger partial charge in [0.05, 0.1) is 16.8 Å². The summed E-state index contributed by atoms with van der Waals surface area (Å²) < 4.78 is 13.4. The van der Waals surface area contributed by atoms with Crippen molar-refractivity contribution in [3.05, 3.63) is 77.2 Å². The fourth-order valence-electron chi connectivity index (χ4n) is 4.08. The topological polar surface area (TPSA) is 48.5 Å². The molecule has 1 saturated heterocycles. The van der Waals surface area contributed by atoms with Crippen molar-refractivity contribution in [1.29, 1.82) is 0 Å². The molecule has 5 nitrogen and oxygen atoms in total. The molecule has 0 spiro atoms. The molecule has 0 unspecified atom stereocenters. The van der Waals surface area contributed by atoms with Gasteiger partial charge in [-0.15, -0.1) is 0 Å². The molecule has 1 fully saturated rings. The number of hydrogen-bond acceptors (Lipinski definition) is 4. The van der Waals surface area contributed by atoms with Crippen LogP contribution in [0.15, 0.2) is 54.6 Å². The molecule has 0 aliphatic carbocycles. The van der Waals surface area contributed by atoms with E-state index in [9.17, 15) is 9.18 Å². The largest absolute Gasteiger partial charge is 0.352 e. The number of nitrogens with one attached hydrogen (secondary N) is 1. The summed E-state index contributed by atoms with van der Waals surface area (Å²) in [4.78, 5) is 21.9. The Morgan fingerprint density at radius 1 is 1.03 bits per heavy atom. The van der Waals surface area contributed by atoms with Crippen LogP contribution in [0.2, 0.25) is 0 Å². The van der Waals surface area contributed by atoms with E-state index in [1.165, 1.54) is 17.7 Å². The lowest BCUT2D eigenvalue weighted by atomic mass is 10.1. The Hall–Kier alpha value is -2.83. The van der Waals surface area contributed by atoms with Gasteiger partial charge in [-0.25, -0.2) is 4.39 Å². The number of carbonyl (C=O) groups is 1. The van der Waals surface area contributed by atoms with E-state index in [-0.39, 0.29) is 11.7 Å². The molecule has 4 rings (SSSR count). The molecule has 1 aliphatic rings. The number of nitrogens with zero attached hydrogens (tertiary/aromatic N) is 3. The van der Waals surface area contributed by atoms with Crippen molar-refractivity contribution < 1.29 is 9.18 Å². The second kappa shape index (κ2) is 9.98. The number of fused-ring (bicyclic) bond motifs is 1. The summed E-state index contributed by atoms with van der Waals surface area (Å²) in [6.07, 6.45) is 0.912. The van der Waals surface area contributed by atoms with Crippen molar-refractivity contribution in [2.75, 3.05) is 39.3 Å². The third-order valence-electron chi connectivity index (χ3n) is 5.87. The second-order valence-electron chi connectivity index (χ2n) is 8.17. The molecule has 1 aromatic heterocycles. The summed E-state index contributed by atoms with van der Waals surface area (Å²) in [6, 6.07) is 16.8. The van der Waals surface area contributed by atoms with Gasteiger partial charge in [0.1, 0.15) is 5.82 Å². The summed E-state index contributed by atoms with van der Waals surface area (Å²) >= 11 is 0. The van der Waals surface area contributed by atoms with Crippen LogP contribution in [0.4, 0.5) is 4.39 Å². The number of carbonyl (C=O) groups excluding carboxylic acids is 1. The van der Waals surface area contributed by atoms with Gasteiger partial charge >= 0.3 is 0 Å². The monoisotopic (exact) mass is 420 g/mol. The van der Waals surface area contributed by atoms with Gasteiger partial charge in [0, 0.05) is 50.7 Å². The highest BCUT2D eigenvalue weighted by Gasteiger charge is 2.17. The number of halogens is 1. The Morgan fingerprint density at radius 3 is 2.55 bits per heavy atom. The number of rotatable bonds is 7. The summed E-state index contributed by atoms with van der Waals surface area (Å²) in [6.45, 7) is 8.67. The van der Waals surface area contributed by atoms with Gasteiger partial charge in [0.2, 0.25) is 0 Å². The highest BCUT2D eigenvalue weighted by Crippen LogP contribution is 2.18. The van der Waals surface area contributed by atoms with Crippen LogP contribution in [0, 0.1) is 12.7 Å². The molecular weight excluding hydrogens is 391 g/mol. The van der Waals surface area contributed by atoms with Crippen molar-refractivity contribution >= 4 is 16.8 Å². The predicted octanol–water partition coefficient (Wildman–Crippen LogP) is 3.62. The molecule has 0 saturated carbocycles. The first kappa shape index (κ1) is 21.4. The maximum absolute atomic E-state index is 13.4. The van der Waals surface area contributed by atoms with Gasteiger partial charge in [-0.2, -0.15) is 0 Å². The Bertz CT molecular complexity index is 1030. The SMILES string of the molecule is Cc1nc2cc(F)ccc2cc1C(=O)NCCCN1CCN(Cc2ccccc2)CC1. The summed E-state index contributed by atoms with van der Waals surface area (Å²) in [5.41, 5.74) is 3.10. The normalized spacial score (nSPS) is 15.3. The summed E-state index contributed by atoms with van der Waals surface area (Å²) in [5, 5.41) is 3.78. The van der Waals surface area contributed by atoms with Gasteiger partial charge in [0.15, 0.2) is 0 Å². The lowest BCUT2D eigenvalue weighted by Gasteiger charge is -2.34. The number of amides is 1. The van der Waals surface area contributed by atoms with Gasteiger partial charge in [0.25, 0.3) is 5.91 Å². The van der Waals surface area contributed by atoms with Crippen LogP contribution in [0.3, 0.4) is 0 Å². The van der Waals surface area contributed by atoms with Crippen molar-refractivity contribution in [3.8, 4) is 0 Å². The maximum Gasteiger partial charge on any atom is 0.253 e. The summed E-state index contributed by atoms with van der Waals surface area (Å²) in [7, 11) is 0. The Labute approximate surface area is 182 Å². The van der Waals surface area contributed by atoms with Crippen molar-refractivity contribution in [2.45, 2.75) is 19.9 Å². The zero-order chi connectivity index (χ0) is 21.6. The molecule has 31 heavy (non-hydrogen) atoms. The van der Waals surface area contributed by atoms with E-state index in [1.807, 2.05) is 0 Å². The Kier molecular flexibility index (Phi) is 6.89. The van der Waals surface area contributed by atoms with E-state index in [2.05, 4.69) is 50.4 Å². The van der Waals surface area contributed by atoms with Crippen LogP contribution in [-0.2, 0) is 6.54 Å². The van der Waals surface area contributed by atoms with Crippen LogP contribution in [0.1, 0.15) is 28.0 Å². The molecule has 6 heteroatoms. The highest BCUT2D eigenvalue weighted by atomic mass is 19.1. The van der Waals surface area contributed by atoms with E-state index in [4.69, 9.17) is 0 Å². The van der Waals surface area contributed by atoms with Crippen molar-refractivity contribution in [2.24, 2.45) is 0 Å². The minimum Gasteiger partial charge on any atom is -0.352 e. The zero-order valence-electron chi connectivity index (χ0n) is 18.0. The fraction of sp³-hybridized carbons (Fsp3) is 0.360. The number of benzene rings is 2. The standard InChI is InChI=1S/C25H29FN4O/c1-19-23(16-21-8-9-22(26)17-24(21)28-19)25(31)27-10-5-11-29-12-14-30(15-13-29)18-20-6-3-2-4-7-20/h2-4,6-9,16-17H,5,10-15,18H2,1H3,(H,27,31). The molecule has 2 aromatic carbocycles. The number of piperazine rings is 1. The van der Waals surface area contributed by atoms with Crippen LogP contribution < -0.4 is 5.32 Å². The number of aromatic nitrogens is 1. The van der Waals surface area contributed by atoms with Gasteiger partial charge < -0.3 is 10.2 Å². The third kappa shape index (κ3) is 5.66. The number of aryl methyl sites for hydroxylation is 1. The van der Waals surface area contributed by atoms with Gasteiger partial charge in [-0.1, -0.05) is 30.3 Å². The van der Waals surface area contributed by atoms with Crippen molar-refractivity contribution in [1.82, 2.24) is 20.1 Å². The molecule has 0 radical (unpaired) electrons. The van der Waals surface area contributed by atoms with Crippen LogP contribution in [-0.4, -0.2) is 60.0 Å². The highest BCUT2D eigenvalue weighted by molar-refractivity contribution is 5.98. The van der Waals surface area contributed by atoms with Crippen LogP contribution >= 0.6 is 0 Å². The minimum atomic E-state index is -0.322.